The van der Waals surface area contributed by atoms with Crippen LogP contribution in [-0.4, -0.2) is 27.5 Å². The predicted octanol–water partition coefficient (Wildman–Crippen LogP) is 0.554. The molecule has 0 heterocycles. The van der Waals surface area contributed by atoms with Gasteiger partial charge in [-0.2, -0.15) is 0 Å². The molecule has 0 amide bonds. The van der Waals surface area contributed by atoms with Crippen LogP contribution >= 0.6 is 11.6 Å². The number of nitrogens with zero attached hydrogens (tertiary/aromatic N) is 1. The summed E-state index contributed by atoms with van der Waals surface area (Å²) in [5, 5.41) is 1.70. The molecule has 0 aliphatic carbocycles. The fraction of sp³-hybridized carbons (Fsp3) is 0.333. The van der Waals surface area contributed by atoms with Crippen LogP contribution in [0.5, 0.6) is 0 Å². The first kappa shape index (κ1) is 13.4. The molecule has 1 aromatic carbocycles. The van der Waals surface area contributed by atoms with E-state index in [4.69, 9.17) is 17.3 Å². The van der Waals surface area contributed by atoms with E-state index in [9.17, 15) is 8.42 Å². The molecular formula is C9H14ClN3O2S. The van der Waals surface area contributed by atoms with Crippen LogP contribution in [0.4, 0.5) is 0 Å². The van der Waals surface area contributed by atoms with E-state index in [0.717, 1.165) is 0 Å². The van der Waals surface area contributed by atoms with Crippen LogP contribution < -0.4 is 10.6 Å². The second-order valence-corrected chi connectivity index (χ2v) is 5.51. The Morgan fingerprint density at radius 3 is 2.50 bits per heavy atom. The average Bonchev–Trinajstić information content (AvgIpc) is 2.15. The topological polar surface area (TPSA) is 75.4 Å². The lowest BCUT2D eigenvalue weighted by atomic mass is 10.2. The zero-order valence-electron chi connectivity index (χ0n) is 9.07. The molecule has 1 aromatic rings. The highest BCUT2D eigenvalue weighted by molar-refractivity contribution is 7.89. The van der Waals surface area contributed by atoms with Crippen LogP contribution in [0.2, 0.25) is 5.02 Å². The first-order chi connectivity index (χ1) is 7.36. The molecule has 90 valence electrons. The summed E-state index contributed by atoms with van der Waals surface area (Å²) >= 11 is 5.89. The molecule has 0 atom stereocenters. The molecule has 0 aliphatic rings. The van der Waals surface area contributed by atoms with E-state index >= 15 is 0 Å². The quantitative estimate of drug-likeness (QED) is 0.778. The highest BCUT2D eigenvalue weighted by Crippen LogP contribution is 2.20. The SMILES string of the molecule is CN(C)NS(=O)(=O)c1ccc(CN)c(Cl)c1. The molecular weight excluding hydrogens is 250 g/mol. The first-order valence-electron chi connectivity index (χ1n) is 4.55. The van der Waals surface area contributed by atoms with Gasteiger partial charge in [0.15, 0.2) is 0 Å². The number of sulfonamides is 1. The van der Waals surface area contributed by atoms with E-state index in [1.807, 2.05) is 0 Å². The fourth-order valence-corrected chi connectivity index (χ4v) is 2.58. The summed E-state index contributed by atoms with van der Waals surface area (Å²) in [5.41, 5.74) is 6.15. The average molecular weight is 264 g/mol. The molecule has 3 N–H and O–H groups in total. The molecule has 0 saturated heterocycles. The van der Waals surface area contributed by atoms with Gasteiger partial charge in [-0.05, 0) is 17.7 Å². The Hall–Kier alpha value is -0.660. The molecule has 0 saturated carbocycles. The molecule has 0 fully saturated rings. The van der Waals surface area contributed by atoms with Gasteiger partial charge in [0.1, 0.15) is 0 Å². The van der Waals surface area contributed by atoms with Gasteiger partial charge >= 0.3 is 0 Å². The molecule has 7 heteroatoms. The Labute approximate surface area is 100 Å². The third-order valence-corrected chi connectivity index (χ3v) is 3.69. The number of nitrogens with one attached hydrogen (secondary N) is 1. The van der Waals surface area contributed by atoms with Gasteiger partial charge in [-0.1, -0.05) is 17.7 Å². The van der Waals surface area contributed by atoms with Crippen molar-refractivity contribution in [3.05, 3.63) is 28.8 Å². The van der Waals surface area contributed by atoms with E-state index in [1.165, 1.54) is 17.1 Å². The molecule has 0 unspecified atom stereocenters. The summed E-state index contributed by atoms with van der Waals surface area (Å²) in [6.45, 7) is 0.278. The monoisotopic (exact) mass is 263 g/mol. The van der Waals surface area contributed by atoms with Crippen LogP contribution in [0.3, 0.4) is 0 Å². The van der Waals surface area contributed by atoms with Crippen molar-refractivity contribution in [2.75, 3.05) is 14.1 Å². The Kier molecular flexibility index (Phi) is 4.28. The summed E-state index contributed by atoms with van der Waals surface area (Å²) in [6, 6.07) is 4.46. The van der Waals surface area contributed by atoms with Crippen LogP contribution in [0.1, 0.15) is 5.56 Å². The molecule has 0 bridgehead atoms. The summed E-state index contributed by atoms with van der Waals surface area (Å²) in [6.07, 6.45) is 0. The Bertz CT molecular complexity index is 474. The summed E-state index contributed by atoms with van der Waals surface area (Å²) in [7, 11) is -0.375. The second kappa shape index (κ2) is 5.11. The molecule has 0 spiro atoms. The van der Waals surface area contributed by atoms with Gasteiger partial charge in [-0.25, -0.2) is 13.4 Å². The number of nitrogens with two attached hydrogens (primary N) is 1. The number of hydrogen-bond donors (Lipinski definition) is 2. The minimum Gasteiger partial charge on any atom is -0.326 e. The van der Waals surface area contributed by atoms with Gasteiger partial charge in [0.25, 0.3) is 10.0 Å². The zero-order valence-corrected chi connectivity index (χ0v) is 10.6. The Balaban J connectivity index is 3.10. The van der Waals surface area contributed by atoms with Crippen LogP contribution in [-0.2, 0) is 16.6 Å². The lowest BCUT2D eigenvalue weighted by molar-refractivity contribution is 0.364. The van der Waals surface area contributed by atoms with E-state index in [2.05, 4.69) is 4.83 Å². The van der Waals surface area contributed by atoms with Crippen molar-refractivity contribution in [1.29, 1.82) is 0 Å². The second-order valence-electron chi connectivity index (χ2n) is 3.45. The minimum absolute atomic E-state index is 0.114. The molecule has 5 nitrogen and oxygen atoms in total. The number of benzene rings is 1. The van der Waals surface area contributed by atoms with Gasteiger partial charge in [-0.3, -0.25) is 0 Å². The highest BCUT2D eigenvalue weighted by atomic mass is 35.5. The van der Waals surface area contributed by atoms with Gasteiger partial charge in [0.2, 0.25) is 0 Å². The van der Waals surface area contributed by atoms with Gasteiger partial charge in [0, 0.05) is 25.7 Å². The van der Waals surface area contributed by atoms with Crippen molar-refractivity contribution < 1.29 is 8.42 Å². The molecule has 0 aromatic heterocycles. The van der Waals surface area contributed by atoms with Gasteiger partial charge in [-0.15, -0.1) is 4.83 Å². The standard InChI is InChI=1S/C9H14ClN3O2S/c1-13(2)12-16(14,15)8-4-3-7(6-11)9(10)5-8/h3-5,12H,6,11H2,1-2H3. The fourth-order valence-electron chi connectivity index (χ4n) is 1.15. The van der Waals surface area contributed by atoms with Crippen molar-refractivity contribution in [3.63, 3.8) is 0 Å². The van der Waals surface area contributed by atoms with E-state index < -0.39 is 10.0 Å². The molecule has 0 radical (unpaired) electrons. The summed E-state index contributed by atoms with van der Waals surface area (Å²) in [5.74, 6) is 0. The number of hydrogen-bond acceptors (Lipinski definition) is 4. The largest absolute Gasteiger partial charge is 0.326 e. The van der Waals surface area contributed by atoms with Gasteiger partial charge in [0.05, 0.1) is 4.90 Å². The third kappa shape index (κ3) is 3.16. The molecule has 0 aliphatic heterocycles. The maximum atomic E-state index is 11.8. The van der Waals surface area contributed by atoms with E-state index in [1.54, 1.807) is 20.2 Å². The Morgan fingerprint density at radius 1 is 1.44 bits per heavy atom. The van der Waals surface area contributed by atoms with Crippen molar-refractivity contribution in [1.82, 2.24) is 9.84 Å². The third-order valence-electron chi connectivity index (χ3n) is 1.86. The summed E-state index contributed by atoms with van der Waals surface area (Å²) in [4.78, 5) is 2.43. The maximum Gasteiger partial charge on any atom is 0.253 e. The van der Waals surface area contributed by atoms with E-state index in [0.29, 0.717) is 10.6 Å². The van der Waals surface area contributed by atoms with Crippen molar-refractivity contribution in [2.24, 2.45) is 5.73 Å². The normalized spacial score (nSPS) is 12.1. The minimum atomic E-state index is -3.56. The first-order valence-corrected chi connectivity index (χ1v) is 6.41. The zero-order chi connectivity index (χ0) is 12.3. The van der Waals surface area contributed by atoms with Crippen molar-refractivity contribution in [3.8, 4) is 0 Å². The van der Waals surface area contributed by atoms with Gasteiger partial charge < -0.3 is 5.73 Å². The smallest absolute Gasteiger partial charge is 0.253 e. The van der Waals surface area contributed by atoms with E-state index in [-0.39, 0.29) is 11.4 Å². The molecule has 16 heavy (non-hydrogen) atoms. The lowest BCUT2D eigenvalue weighted by Crippen LogP contribution is -2.36. The van der Waals surface area contributed by atoms with Crippen LogP contribution in [0.25, 0.3) is 0 Å². The highest BCUT2D eigenvalue weighted by Gasteiger charge is 2.15. The Morgan fingerprint density at radius 2 is 2.06 bits per heavy atom. The molecule has 1 rings (SSSR count). The number of halogens is 1. The maximum absolute atomic E-state index is 11.8. The number of rotatable bonds is 4. The lowest BCUT2D eigenvalue weighted by Gasteiger charge is -2.13. The number of hydrazine groups is 1. The van der Waals surface area contributed by atoms with Crippen LogP contribution in [0, 0.1) is 0 Å². The summed E-state index contributed by atoms with van der Waals surface area (Å²) < 4.78 is 23.5. The van der Waals surface area contributed by atoms with Crippen molar-refractivity contribution in [2.45, 2.75) is 11.4 Å². The van der Waals surface area contributed by atoms with Crippen molar-refractivity contribution >= 4 is 21.6 Å². The predicted molar refractivity (Wildman–Crippen MR) is 63.4 cm³/mol. The van der Waals surface area contributed by atoms with Crippen LogP contribution in [0.15, 0.2) is 23.1 Å².